The quantitative estimate of drug-likeness (QED) is 0.713. The Labute approximate surface area is 109 Å². The summed E-state index contributed by atoms with van der Waals surface area (Å²) < 4.78 is 0. The lowest BCUT2D eigenvalue weighted by Crippen LogP contribution is -2.37. The number of carbonyl (C=O) groups is 2. The molecule has 1 aliphatic heterocycles. The predicted octanol–water partition coefficient (Wildman–Crippen LogP) is 0.217. The first-order chi connectivity index (χ1) is 8.54. The summed E-state index contributed by atoms with van der Waals surface area (Å²) in [4.78, 5) is 25.0. The Balaban J connectivity index is 2.25. The largest absolute Gasteiger partial charge is 0.359 e. The fourth-order valence-electron chi connectivity index (χ4n) is 2.32. The van der Waals surface area contributed by atoms with Crippen LogP contribution in [0.3, 0.4) is 0 Å². The average molecular weight is 255 g/mol. The number of hydrogen-bond acceptors (Lipinski definition) is 3. The fraction of sp³-hybridized carbons (Fsp3) is 0.846. The number of nitrogens with one attached hydrogen (secondary N) is 2. The highest BCUT2D eigenvalue weighted by molar-refractivity contribution is 5.80. The molecule has 5 heteroatoms. The molecule has 2 unspecified atom stereocenters. The van der Waals surface area contributed by atoms with Gasteiger partial charge in [-0.1, -0.05) is 6.92 Å². The van der Waals surface area contributed by atoms with Gasteiger partial charge in [-0.15, -0.1) is 0 Å². The maximum atomic E-state index is 11.9. The van der Waals surface area contributed by atoms with Crippen molar-refractivity contribution in [1.29, 1.82) is 0 Å². The standard InChI is InChI=1S/C13H25N3O2/c1-10(13(18)14-2)9-16(3)12(17)5-4-11-6-7-15-8-11/h10-11,15H,4-9H2,1-3H3,(H,14,18). The first kappa shape index (κ1) is 15.0. The smallest absolute Gasteiger partial charge is 0.224 e. The number of amides is 2. The van der Waals surface area contributed by atoms with Crippen LogP contribution in [0.5, 0.6) is 0 Å². The molecule has 104 valence electrons. The van der Waals surface area contributed by atoms with Crippen molar-refractivity contribution in [3.05, 3.63) is 0 Å². The summed E-state index contributed by atoms with van der Waals surface area (Å²) in [5.74, 6) is 0.600. The van der Waals surface area contributed by atoms with Crippen molar-refractivity contribution in [2.75, 3.05) is 33.7 Å². The molecule has 0 bridgehead atoms. The monoisotopic (exact) mass is 255 g/mol. The van der Waals surface area contributed by atoms with E-state index >= 15 is 0 Å². The second-order valence-corrected chi connectivity index (χ2v) is 5.19. The van der Waals surface area contributed by atoms with E-state index in [2.05, 4.69) is 10.6 Å². The van der Waals surface area contributed by atoms with Crippen LogP contribution >= 0.6 is 0 Å². The minimum absolute atomic E-state index is 0.0188. The zero-order chi connectivity index (χ0) is 13.5. The highest BCUT2D eigenvalue weighted by Gasteiger charge is 2.19. The molecular formula is C13H25N3O2. The second kappa shape index (κ2) is 7.36. The highest BCUT2D eigenvalue weighted by Crippen LogP contribution is 2.15. The van der Waals surface area contributed by atoms with Crippen LogP contribution in [-0.4, -0.2) is 50.4 Å². The SMILES string of the molecule is CNC(=O)C(C)CN(C)C(=O)CCC1CCNC1. The van der Waals surface area contributed by atoms with Gasteiger partial charge in [-0.25, -0.2) is 0 Å². The van der Waals surface area contributed by atoms with Crippen molar-refractivity contribution in [3.8, 4) is 0 Å². The molecule has 2 N–H and O–H groups in total. The Hall–Kier alpha value is -1.10. The minimum Gasteiger partial charge on any atom is -0.359 e. The van der Waals surface area contributed by atoms with Crippen molar-refractivity contribution in [2.24, 2.45) is 11.8 Å². The van der Waals surface area contributed by atoms with Gasteiger partial charge in [0, 0.05) is 27.1 Å². The summed E-state index contributed by atoms with van der Waals surface area (Å²) in [6, 6.07) is 0. The van der Waals surface area contributed by atoms with E-state index in [9.17, 15) is 9.59 Å². The molecule has 18 heavy (non-hydrogen) atoms. The predicted molar refractivity (Wildman–Crippen MR) is 71.1 cm³/mol. The molecule has 1 aliphatic rings. The van der Waals surface area contributed by atoms with Crippen LogP contribution in [0.1, 0.15) is 26.2 Å². The topological polar surface area (TPSA) is 61.4 Å². The van der Waals surface area contributed by atoms with Gasteiger partial charge in [0.2, 0.25) is 11.8 Å². The number of hydrogen-bond donors (Lipinski definition) is 2. The van der Waals surface area contributed by atoms with E-state index in [0.717, 1.165) is 19.5 Å². The molecule has 0 aromatic carbocycles. The minimum atomic E-state index is -0.155. The van der Waals surface area contributed by atoms with Crippen molar-refractivity contribution in [2.45, 2.75) is 26.2 Å². The lowest BCUT2D eigenvalue weighted by atomic mass is 10.0. The second-order valence-electron chi connectivity index (χ2n) is 5.19. The molecular weight excluding hydrogens is 230 g/mol. The van der Waals surface area contributed by atoms with Gasteiger partial charge in [0.05, 0.1) is 5.92 Å². The van der Waals surface area contributed by atoms with E-state index in [1.807, 2.05) is 6.92 Å². The zero-order valence-corrected chi connectivity index (χ0v) is 11.7. The van der Waals surface area contributed by atoms with Gasteiger partial charge in [0.15, 0.2) is 0 Å². The number of rotatable bonds is 6. The Kier molecular flexibility index (Phi) is 6.12. The lowest BCUT2D eigenvalue weighted by Gasteiger charge is -2.21. The molecule has 0 saturated carbocycles. The van der Waals surface area contributed by atoms with Crippen LogP contribution in [0.2, 0.25) is 0 Å². The Bertz CT molecular complexity index is 288. The van der Waals surface area contributed by atoms with Crippen LogP contribution in [0, 0.1) is 11.8 Å². The van der Waals surface area contributed by atoms with E-state index < -0.39 is 0 Å². The molecule has 5 nitrogen and oxygen atoms in total. The van der Waals surface area contributed by atoms with Crippen LogP contribution < -0.4 is 10.6 Å². The lowest BCUT2D eigenvalue weighted by molar-refractivity contribution is -0.132. The molecule has 1 heterocycles. The third-order valence-corrected chi connectivity index (χ3v) is 3.60. The summed E-state index contributed by atoms with van der Waals surface area (Å²) in [5, 5.41) is 5.90. The summed E-state index contributed by atoms with van der Waals surface area (Å²) >= 11 is 0. The van der Waals surface area contributed by atoms with Gasteiger partial charge in [0.1, 0.15) is 0 Å². The summed E-state index contributed by atoms with van der Waals surface area (Å²) in [6.45, 7) is 4.43. The molecule has 1 saturated heterocycles. The first-order valence-corrected chi connectivity index (χ1v) is 6.70. The fourth-order valence-corrected chi connectivity index (χ4v) is 2.32. The van der Waals surface area contributed by atoms with Gasteiger partial charge >= 0.3 is 0 Å². The van der Waals surface area contributed by atoms with E-state index in [1.54, 1.807) is 19.0 Å². The molecule has 0 aromatic heterocycles. The van der Waals surface area contributed by atoms with Crippen molar-refractivity contribution < 1.29 is 9.59 Å². The highest BCUT2D eigenvalue weighted by atomic mass is 16.2. The van der Waals surface area contributed by atoms with Gasteiger partial charge in [-0.05, 0) is 31.8 Å². The van der Waals surface area contributed by atoms with Crippen molar-refractivity contribution in [3.63, 3.8) is 0 Å². The van der Waals surface area contributed by atoms with E-state index in [1.165, 1.54) is 6.42 Å². The zero-order valence-electron chi connectivity index (χ0n) is 11.7. The maximum absolute atomic E-state index is 11.9. The van der Waals surface area contributed by atoms with Gasteiger partial charge in [-0.2, -0.15) is 0 Å². The molecule has 0 aromatic rings. The third kappa shape index (κ3) is 4.64. The average Bonchev–Trinajstić information content (AvgIpc) is 2.87. The summed E-state index contributed by atoms with van der Waals surface area (Å²) in [5.41, 5.74) is 0. The molecule has 2 amide bonds. The summed E-state index contributed by atoms with van der Waals surface area (Å²) in [6.07, 6.45) is 2.71. The van der Waals surface area contributed by atoms with Crippen LogP contribution in [0.25, 0.3) is 0 Å². The van der Waals surface area contributed by atoms with Crippen molar-refractivity contribution in [1.82, 2.24) is 15.5 Å². The molecule has 2 atom stereocenters. The molecule has 0 aliphatic carbocycles. The van der Waals surface area contributed by atoms with Crippen LogP contribution in [-0.2, 0) is 9.59 Å². The van der Waals surface area contributed by atoms with Gasteiger partial charge in [0.25, 0.3) is 0 Å². The molecule has 1 fully saturated rings. The maximum Gasteiger partial charge on any atom is 0.224 e. The molecule has 0 radical (unpaired) electrons. The number of carbonyl (C=O) groups excluding carboxylic acids is 2. The van der Waals surface area contributed by atoms with Crippen molar-refractivity contribution >= 4 is 11.8 Å². The molecule has 1 rings (SSSR count). The Morgan fingerprint density at radius 3 is 2.78 bits per heavy atom. The van der Waals surface area contributed by atoms with Crippen LogP contribution in [0.4, 0.5) is 0 Å². The first-order valence-electron chi connectivity index (χ1n) is 6.70. The van der Waals surface area contributed by atoms with E-state index in [-0.39, 0.29) is 17.7 Å². The third-order valence-electron chi connectivity index (χ3n) is 3.60. The van der Waals surface area contributed by atoms with Gasteiger partial charge in [-0.3, -0.25) is 9.59 Å². The normalized spacial score (nSPS) is 20.5. The van der Waals surface area contributed by atoms with Crippen LogP contribution in [0.15, 0.2) is 0 Å². The van der Waals surface area contributed by atoms with E-state index in [0.29, 0.717) is 18.9 Å². The number of nitrogens with zero attached hydrogens (tertiary/aromatic N) is 1. The Morgan fingerprint density at radius 1 is 1.50 bits per heavy atom. The van der Waals surface area contributed by atoms with E-state index in [4.69, 9.17) is 0 Å². The molecule has 0 spiro atoms. The Morgan fingerprint density at radius 2 is 2.22 bits per heavy atom. The van der Waals surface area contributed by atoms with Gasteiger partial charge < -0.3 is 15.5 Å². The summed E-state index contributed by atoms with van der Waals surface area (Å²) in [7, 11) is 3.39.